The monoisotopic (exact) mass is 618 g/mol. The highest BCUT2D eigenvalue weighted by molar-refractivity contribution is 5.87. The molecule has 0 unspecified atom stereocenters. The van der Waals surface area contributed by atoms with E-state index in [1.807, 2.05) is 6.92 Å². The third kappa shape index (κ3) is 8.74. The number of hydrogen-bond acceptors (Lipinski definition) is 12. The molecule has 5 aromatic rings. The van der Waals surface area contributed by atoms with Crippen molar-refractivity contribution in [3.63, 3.8) is 0 Å². The van der Waals surface area contributed by atoms with Crippen molar-refractivity contribution in [2.45, 2.75) is 46.8 Å². The van der Waals surface area contributed by atoms with Crippen LogP contribution >= 0.6 is 0 Å². The maximum absolute atomic E-state index is 12.2. The highest BCUT2D eigenvalue weighted by atomic mass is 19.3. The first-order chi connectivity index (χ1) is 21.1. The number of carbonyl (C=O) groups is 1. The fraction of sp³-hybridized carbons (Fsp3) is 0.296. The van der Waals surface area contributed by atoms with Crippen molar-refractivity contribution >= 4 is 23.1 Å². The second-order valence-electron chi connectivity index (χ2n) is 8.76. The third-order valence-electron chi connectivity index (χ3n) is 5.54. The Labute approximate surface area is 247 Å². The van der Waals surface area contributed by atoms with Gasteiger partial charge in [-0.3, -0.25) is 4.98 Å². The smallest absolute Gasteiger partial charge is 0.356 e. The standard InChI is InChI=1S/C17H15F2N7O2.C10H11F2NO3/c1-9-5-6-12(28-9)13-14-15(23-17(20)22-13)26(25-24-14)7-10-3-2-4-11(21-10)8-27-16(18)19;1-2-15-9(14)8-5-3-4-7(13-8)6-16-10(11)12/h2-6,16H,7-8H2,1H3,(H2,20,22,23);3-5,10H,2,6H2,1H3. The minimum Gasteiger partial charge on any atom is -0.461 e. The van der Waals surface area contributed by atoms with Crippen LogP contribution in [0.1, 0.15) is 40.3 Å². The summed E-state index contributed by atoms with van der Waals surface area (Å²) in [5, 5.41) is 8.25. The van der Waals surface area contributed by atoms with Crippen molar-refractivity contribution in [2.75, 3.05) is 12.3 Å². The zero-order chi connectivity index (χ0) is 31.6. The van der Waals surface area contributed by atoms with Crippen LogP contribution in [0.15, 0.2) is 52.9 Å². The van der Waals surface area contributed by atoms with Crippen LogP contribution < -0.4 is 5.73 Å². The number of hydrogen-bond donors (Lipinski definition) is 1. The number of aryl methyl sites for hydroxylation is 1. The van der Waals surface area contributed by atoms with E-state index in [0.29, 0.717) is 34.0 Å². The molecule has 5 heterocycles. The van der Waals surface area contributed by atoms with Crippen molar-refractivity contribution in [3.8, 4) is 11.5 Å². The predicted molar refractivity (Wildman–Crippen MR) is 145 cm³/mol. The highest BCUT2D eigenvalue weighted by Crippen LogP contribution is 2.27. The van der Waals surface area contributed by atoms with Gasteiger partial charge in [0.25, 0.3) is 0 Å². The number of nitrogens with two attached hydrogens (primary N) is 1. The maximum atomic E-state index is 12.2. The van der Waals surface area contributed by atoms with Crippen molar-refractivity contribution in [1.29, 1.82) is 0 Å². The highest BCUT2D eigenvalue weighted by Gasteiger charge is 2.18. The van der Waals surface area contributed by atoms with Crippen LogP contribution in [0.2, 0.25) is 0 Å². The summed E-state index contributed by atoms with van der Waals surface area (Å²) in [5.41, 5.74) is 8.42. The average molecular weight is 619 g/mol. The summed E-state index contributed by atoms with van der Waals surface area (Å²) in [6.07, 6.45) is 0. The molecule has 17 heteroatoms. The van der Waals surface area contributed by atoms with Gasteiger partial charge in [0.1, 0.15) is 17.1 Å². The number of alkyl halides is 4. The van der Waals surface area contributed by atoms with Gasteiger partial charge in [-0.15, -0.1) is 5.10 Å². The normalized spacial score (nSPS) is 11.2. The van der Waals surface area contributed by atoms with E-state index in [9.17, 15) is 22.4 Å². The summed E-state index contributed by atoms with van der Waals surface area (Å²) in [4.78, 5) is 27.8. The van der Waals surface area contributed by atoms with Crippen molar-refractivity contribution in [3.05, 3.63) is 77.1 Å². The molecule has 5 aromatic heterocycles. The fourth-order valence-corrected chi connectivity index (χ4v) is 3.74. The minimum atomic E-state index is -2.85. The van der Waals surface area contributed by atoms with Crippen LogP contribution in [0, 0.1) is 6.92 Å². The lowest BCUT2D eigenvalue weighted by Crippen LogP contribution is -2.09. The van der Waals surface area contributed by atoms with Gasteiger partial charge in [0.15, 0.2) is 16.9 Å². The van der Waals surface area contributed by atoms with E-state index in [4.69, 9.17) is 14.9 Å². The quantitative estimate of drug-likeness (QED) is 0.162. The van der Waals surface area contributed by atoms with Crippen molar-refractivity contribution < 1.29 is 41.0 Å². The fourth-order valence-electron chi connectivity index (χ4n) is 3.74. The number of fused-ring (bicyclic) bond motifs is 1. The van der Waals surface area contributed by atoms with Crippen LogP contribution in [-0.4, -0.2) is 60.7 Å². The van der Waals surface area contributed by atoms with Gasteiger partial charge in [-0.05, 0) is 50.2 Å². The number of halogens is 4. The zero-order valence-corrected chi connectivity index (χ0v) is 23.4. The molecule has 5 rings (SSSR count). The lowest BCUT2D eigenvalue weighted by atomic mass is 10.3. The van der Waals surface area contributed by atoms with Gasteiger partial charge in [-0.2, -0.15) is 22.5 Å². The summed E-state index contributed by atoms with van der Waals surface area (Å²) >= 11 is 0. The van der Waals surface area contributed by atoms with E-state index >= 15 is 0 Å². The van der Waals surface area contributed by atoms with Gasteiger partial charge >= 0.3 is 19.2 Å². The number of rotatable bonds is 11. The van der Waals surface area contributed by atoms with Crippen molar-refractivity contribution in [1.82, 2.24) is 34.9 Å². The lowest BCUT2D eigenvalue weighted by Gasteiger charge is -2.06. The molecular weight excluding hydrogens is 592 g/mol. The molecule has 0 saturated carbocycles. The van der Waals surface area contributed by atoms with Gasteiger partial charge < -0.3 is 24.4 Å². The number of furan rings is 1. The molecule has 44 heavy (non-hydrogen) atoms. The molecule has 13 nitrogen and oxygen atoms in total. The minimum absolute atomic E-state index is 0.0483. The number of anilines is 1. The van der Waals surface area contributed by atoms with E-state index in [1.165, 1.54) is 22.9 Å². The molecule has 0 amide bonds. The Bertz CT molecular complexity index is 1700. The number of ether oxygens (including phenoxy) is 3. The second kappa shape index (κ2) is 14.9. The first-order valence-corrected chi connectivity index (χ1v) is 12.9. The van der Waals surface area contributed by atoms with Crippen LogP contribution in [-0.2, 0) is 34.0 Å². The van der Waals surface area contributed by atoms with E-state index in [2.05, 4.69) is 39.7 Å². The van der Waals surface area contributed by atoms with Crippen LogP contribution in [0.25, 0.3) is 22.6 Å². The number of esters is 1. The Morgan fingerprint density at radius 3 is 2.20 bits per heavy atom. The molecule has 0 saturated heterocycles. The molecule has 0 aliphatic heterocycles. The largest absolute Gasteiger partial charge is 0.461 e. The maximum Gasteiger partial charge on any atom is 0.356 e. The number of pyridine rings is 2. The number of nitrogens with zero attached hydrogens (tertiary/aromatic N) is 7. The molecular formula is C27H26F4N8O5. The van der Waals surface area contributed by atoms with E-state index in [0.717, 1.165) is 5.76 Å². The summed E-state index contributed by atoms with van der Waals surface area (Å²) in [7, 11) is 0. The number of carbonyl (C=O) groups excluding carboxylic acids is 1. The molecule has 0 aliphatic carbocycles. The molecule has 2 N–H and O–H groups in total. The summed E-state index contributed by atoms with van der Waals surface area (Å²) in [6, 6.07) is 13.1. The Hall–Kier alpha value is -5.03. The summed E-state index contributed by atoms with van der Waals surface area (Å²) < 4.78 is 68.1. The van der Waals surface area contributed by atoms with Gasteiger partial charge in [0, 0.05) is 0 Å². The summed E-state index contributed by atoms with van der Waals surface area (Å²) in [5.74, 6) is 0.696. The first-order valence-electron chi connectivity index (χ1n) is 12.9. The van der Waals surface area contributed by atoms with E-state index < -0.39 is 19.2 Å². The van der Waals surface area contributed by atoms with E-state index in [-0.39, 0.29) is 43.7 Å². The second-order valence-corrected chi connectivity index (χ2v) is 8.76. The molecule has 0 spiro atoms. The summed E-state index contributed by atoms with van der Waals surface area (Å²) in [6.45, 7) is -2.41. The Kier molecular flexibility index (Phi) is 10.8. The average Bonchev–Trinajstić information content (AvgIpc) is 3.61. The molecule has 0 radical (unpaired) electrons. The lowest BCUT2D eigenvalue weighted by molar-refractivity contribution is -0.138. The Morgan fingerprint density at radius 2 is 1.57 bits per heavy atom. The number of nitrogen functional groups attached to an aromatic ring is 1. The first kappa shape index (κ1) is 31.9. The molecule has 0 bridgehead atoms. The van der Waals surface area contributed by atoms with Gasteiger partial charge in [0.05, 0.1) is 43.4 Å². The molecule has 232 valence electrons. The third-order valence-corrected chi connectivity index (χ3v) is 5.54. The molecule has 0 atom stereocenters. The zero-order valence-electron chi connectivity index (χ0n) is 23.4. The SMILES string of the molecule is CCOC(=O)c1cccc(COC(F)F)n1.Cc1ccc(-c2nc(N)nc3c2nnn3Cc2cccc(COC(F)F)n2)o1. The van der Waals surface area contributed by atoms with Crippen LogP contribution in [0.5, 0.6) is 0 Å². The van der Waals surface area contributed by atoms with E-state index in [1.54, 1.807) is 37.3 Å². The Morgan fingerprint density at radius 1 is 0.909 bits per heavy atom. The van der Waals surface area contributed by atoms with Gasteiger partial charge in [-0.1, -0.05) is 17.3 Å². The topological polar surface area (TPSA) is 166 Å². The number of aromatic nitrogens is 7. The van der Waals surface area contributed by atoms with Crippen LogP contribution in [0.3, 0.4) is 0 Å². The molecule has 0 aromatic carbocycles. The molecule has 0 fully saturated rings. The van der Waals surface area contributed by atoms with Gasteiger partial charge in [-0.25, -0.2) is 19.4 Å². The van der Waals surface area contributed by atoms with Crippen LogP contribution in [0.4, 0.5) is 23.5 Å². The Balaban J connectivity index is 0.000000236. The predicted octanol–water partition coefficient (Wildman–Crippen LogP) is 4.55. The van der Waals surface area contributed by atoms with Gasteiger partial charge in [0.2, 0.25) is 5.95 Å². The van der Waals surface area contributed by atoms with Crippen molar-refractivity contribution in [2.24, 2.45) is 0 Å². The molecule has 0 aliphatic rings.